The van der Waals surface area contributed by atoms with E-state index < -0.39 is 0 Å². The number of aromatic nitrogens is 1. The van der Waals surface area contributed by atoms with E-state index in [1.165, 1.54) is 0 Å². The molecule has 0 bridgehead atoms. The molecule has 56 valence electrons. The number of nitriles is 1. The van der Waals surface area contributed by atoms with Gasteiger partial charge in [0.1, 0.15) is 11.8 Å². The molecule has 0 spiro atoms. The summed E-state index contributed by atoms with van der Waals surface area (Å²) in [5.74, 6) is 0. The number of pyridine rings is 1. The van der Waals surface area contributed by atoms with Gasteiger partial charge in [-0.1, -0.05) is 13.0 Å². The smallest absolute Gasteiger partial charge is 0.143 e. The Hall–Kier alpha value is -1.36. The fourth-order valence-corrected chi connectivity index (χ4v) is 1.000. The van der Waals surface area contributed by atoms with Gasteiger partial charge in [-0.3, -0.25) is 0 Å². The predicted octanol–water partition coefficient (Wildman–Crippen LogP) is 1.82. The van der Waals surface area contributed by atoms with Crippen molar-refractivity contribution in [1.82, 2.24) is 4.98 Å². The lowest BCUT2D eigenvalue weighted by Gasteiger charge is -1.99. The molecule has 0 saturated carbocycles. The Morgan fingerprint density at radius 3 is 2.91 bits per heavy atom. The fraction of sp³-hybridized carbons (Fsp3) is 0.333. The van der Waals surface area contributed by atoms with E-state index in [-0.39, 0.29) is 0 Å². The lowest BCUT2D eigenvalue weighted by molar-refractivity contribution is 1.07. The molecule has 0 saturated heterocycles. The minimum atomic E-state index is 0.554. The summed E-state index contributed by atoms with van der Waals surface area (Å²) in [7, 11) is 0. The highest BCUT2D eigenvalue weighted by Gasteiger charge is 1.99. The average molecular weight is 146 g/mol. The molecule has 1 aromatic heterocycles. The summed E-state index contributed by atoms with van der Waals surface area (Å²) in [6.45, 7) is 4.00. The van der Waals surface area contributed by atoms with Gasteiger partial charge in [-0.2, -0.15) is 5.26 Å². The molecule has 0 fully saturated rings. The van der Waals surface area contributed by atoms with Crippen LogP contribution in [0.3, 0.4) is 0 Å². The number of hydrogen-bond donors (Lipinski definition) is 0. The molecular weight excluding hydrogens is 136 g/mol. The average Bonchev–Trinajstić information content (AvgIpc) is 2.04. The SMILES string of the molecule is CCc1cc(C)cnc1C#N. The van der Waals surface area contributed by atoms with E-state index in [2.05, 4.69) is 11.1 Å². The van der Waals surface area contributed by atoms with Crippen molar-refractivity contribution in [3.63, 3.8) is 0 Å². The summed E-state index contributed by atoms with van der Waals surface area (Å²) < 4.78 is 0. The molecule has 0 unspecified atom stereocenters. The third kappa shape index (κ3) is 1.56. The zero-order valence-electron chi connectivity index (χ0n) is 6.76. The van der Waals surface area contributed by atoms with Crippen LogP contribution >= 0.6 is 0 Å². The van der Waals surface area contributed by atoms with E-state index in [0.717, 1.165) is 17.5 Å². The lowest BCUT2D eigenvalue weighted by Crippen LogP contribution is -1.92. The molecule has 0 radical (unpaired) electrons. The highest BCUT2D eigenvalue weighted by Crippen LogP contribution is 2.07. The first-order valence-electron chi connectivity index (χ1n) is 3.63. The normalized spacial score (nSPS) is 9.18. The summed E-state index contributed by atoms with van der Waals surface area (Å²) in [6, 6.07) is 4.07. The first kappa shape index (κ1) is 7.74. The van der Waals surface area contributed by atoms with Crippen molar-refractivity contribution in [1.29, 1.82) is 5.26 Å². The molecule has 1 rings (SSSR count). The second-order valence-electron chi connectivity index (χ2n) is 2.49. The molecule has 0 N–H and O–H groups in total. The Labute approximate surface area is 66.5 Å². The first-order valence-corrected chi connectivity index (χ1v) is 3.63. The number of aryl methyl sites for hydroxylation is 2. The minimum absolute atomic E-state index is 0.554. The van der Waals surface area contributed by atoms with Crippen LogP contribution in [0.15, 0.2) is 12.3 Å². The van der Waals surface area contributed by atoms with Crippen LogP contribution in [0.25, 0.3) is 0 Å². The molecule has 2 nitrogen and oxygen atoms in total. The Morgan fingerprint density at radius 1 is 1.64 bits per heavy atom. The van der Waals surface area contributed by atoms with Gasteiger partial charge in [0.25, 0.3) is 0 Å². The van der Waals surface area contributed by atoms with Crippen molar-refractivity contribution in [3.05, 3.63) is 29.1 Å². The van der Waals surface area contributed by atoms with Gasteiger partial charge < -0.3 is 0 Å². The largest absolute Gasteiger partial charge is 0.245 e. The van der Waals surface area contributed by atoms with Gasteiger partial charge >= 0.3 is 0 Å². The van der Waals surface area contributed by atoms with Crippen molar-refractivity contribution in [3.8, 4) is 6.07 Å². The molecule has 2 heteroatoms. The summed E-state index contributed by atoms with van der Waals surface area (Å²) in [5, 5.41) is 8.63. The third-order valence-electron chi connectivity index (χ3n) is 1.59. The van der Waals surface area contributed by atoms with Crippen LogP contribution < -0.4 is 0 Å². The third-order valence-corrected chi connectivity index (χ3v) is 1.59. The maximum absolute atomic E-state index is 8.63. The van der Waals surface area contributed by atoms with Crippen LogP contribution in [-0.4, -0.2) is 4.98 Å². The van der Waals surface area contributed by atoms with Crippen LogP contribution in [0.5, 0.6) is 0 Å². The monoisotopic (exact) mass is 146 g/mol. The second-order valence-corrected chi connectivity index (χ2v) is 2.49. The van der Waals surface area contributed by atoms with Crippen molar-refractivity contribution in [2.24, 2.45) is 0 Å². The predicted molar refractivity (Wildman–Crippen MR) is 43.1 cm³/mol. The number of hydrogen-bond acceptors (Lipinski definition) is 2. The van der Waals surface area contributed by atoms with E-state index in [1.54, 1.807) is 6.20 Å². The molecule has 0 aliphatic rings. The van der Waals surface area contributed by atoms with E-state index in [9.17, 15) is 0 Å². The van der Waals surface area contributed by atoms with Crippen molar-refractivity contribution in [2.45, 2.75) is 20.3 Å². The van der Waals surface area contributed by atoms with Gasteiger partial charge in [0.05, 0.1) is 0 Å². The van der Waals surface area contributed by atoms with Gasteiger partial charge in [-0.25, -0.2) is 4.98 Å². The molecule has 0 aliphatic carbocycles. The molecule has 1 aromatic rings. The standard InChI is InChI=1S/C9H10N2/c1-3-8-4-7(2)6-11-9(8)5-10/h4,6H,3H2,1-2H3. The maximum atomic E-state index is 8.63. The number of rotatable bonds is 1. The Kier molecular flexibility index (Phi) is 2.22. The van der Waals surface area contributed by atoms with E-state index in [0.29, 0.717) is 5.69 Å². The topological polar surface area (TPSA) is 36.7 Å². The van der Waals surface area contributed by atoms with E-state index in [4.69, 9.17) is 5.26 Å². The molecule has 0 aromatic carbocycles. The lowest BCUT2D eigenvalue weighted by atomic mass is 10.1. The van der Waals surface area contributed by atoms with Crippen molar-refractivity contribution >= 4 is 0 Å². The van der Waals surface area contributed by atoms with Crippen molar-refractivity contribution < 1.29 is 0 Å². The molecule has 0 atom stereocenters. The highest BCUT2D eigenvalue weighted by atomic mass is 14.7. The van der Waals surface area contributed by atoms with Crippen LogP contribution in [0.1, 0.15) is 23.7 Å². The molecule has 0 amide bonds. The Balaban J connectivity index is 3.19. The quantitative estimate of drug-likeness (QED) is 0.606. The molecule has 11 heavy (non-hydrogen) atoms. The van der Waals surface area contributed by atoms with Gasteiger partial charge in [0.2, 0.25) is 0 Å². The van der Waals surface area contributed by atoms with Crippen LogP contribution in [0.4, 0.5) is 0 Å². The molecular formula is C9H10N2. The van der Waals surface area contributed by atoms with Crippen LogP contribution in [0.2, 0.25) is 0 Å². The summed E-state index contributed by atoms with van der Waals surface area (Å²) >= 11 is 0. The molecule has 1 heterocycles. The Bertz CT molecular complexity index is 297. The van der Waals surface area contributed by atoms with Crippen LogP contribution in [0, 0.1) is 18.3 Å². The second kappa shape index (κ2) is 3.16. The van der Waals surface area contributed by atoms with Crippen LogP contribution in [-0.2, 0) is 6.42 Å². The van der Waals surface area contributed by atoms with E-state index in [1.807, 2.05) is 19.9 Å². The highest BCUT2D eigenvalue weighted by molar-refractivity contribution is 5.33. The maximum Gasteiger partial charge on any atom is 0.143 e. The zero-order chi connectivity index (χ0) is 8.27. The fourth-order valence-electron chi connectivity index (χ4n) is 1.000. The molecule has 0 aliphatic heterocycles. The summed E-state index contributed by atoms with van der Waals surface area (Å²) in [4.78, 5) is 4.01. The van der Waals surface area contributed by atoms with Gasteiger partial charge in [0.15, 0.2) is 0 Å². The van der Waals surface area contributed by atoms with Gasteiger partial charge in [0, 0.05) is 6.20 Å². The number of nitrogens with zero attached hydrogens (tertiary/aromatic N) is 2. The van der Waals surface area contributed by atoms with Crippen molar-refractivity contribution in [2.75, 3.05) is 0 Å². The minimum Gasteiger partial charge on any atom is -0.245 e. The van der Waals surface area contributed by atoms with E-state index >= 15 is 0 Å². The summed E-state index contributed by atoms with van der Waals surface area (Å²) in [5.41, 5.74) is 2.70. The zero-order valence-corrected chi connectivity index (χ0v) is 6.76. The Morgan fingerprint density at radius 2 is 2.36 bits per heavy atom. The summed E-state index contributed by atoms with van der Waals surface area (Å²) in [6.07, 6.45) is 2.59. The van der Waals surface area contributed by atoms with Gasteiger partial charge in [-0.05, 0) is 24.5 Å². The first-order chi connectivity index (χ1) is 5.27. The van der Waals surface area contributed by atoms with Gasteiger partial charge in [-0.15, -0.1) is 0 Å².